The van der Waals surface area contributed by atoms with Crippen molar-refractivity contribution in [1.29, 1.82) is 0 Å². The molecule has 2 aliphatic rings. The highest BCUT2D eigenvalue weighted by molar-refractivity contribution is 5.93. The zero-order valence-corrected chi connectivity index (χ0v) is 12.0. The maximum absolute atomic E-state index is 12.6. The lowest BCUT2D eigenvalue weighted by atomic mass is 9.76. The van der Waals surface area contributed by atoms with Crippen molar-refractivity contribution >= 4 is 5.91 Å². The Bertz CT molecular complexity index is 517. The second-order valence-electron chi connectivity index (χ2n) is 6.27. The normalized spacial score (nSPS) is 29.9. The van der Waals surface area contributed by atoms with Gasteiger partial charge in [-0.2, -0.15) is 0 Å². The lowest BCUT2D eigenvalue weighted by molar-refractivity contribution is -0.00557. The van der Waals surface area contributed by atoms with E-state index in [1.165, 1.54) is 0 Å². The third-order valence-corrected chi connectivity index (χ3v) is 4.97. The summed E-state index contributed by atoms with van der Waals surface area (Å²) in [7, 11) is 0. The topological polar surface area (TPSA) is 53.4 Å². The smallest absolute Gasteiger partial charge is 0.272 e. The summed E-state index contributed by atoms with van der Waals surface area (Å²) in [6.07, 6.45) is 6.44. The third kappa shape index (κ3) is 2.22. The maximum atomic E-state index is 12.6. The molecule has 1 aromatic heterocycles. The molecule has 1 saturated heterocycles. The van der Waals surface area contributed by atoms with E-state index in [9.17, 15) is 9.90 Å². The van der Waals surface area contributed by atoms with Gasteiger partial charge in [-0.1, -0.05) is 12.5 Å². The number of aryl methyl sites for hydroxylation is 1. The van der Waals surface area contributed by atoms with E-state index in [0.29, 0.717) is 12.2 Å². The van der Waals surface area contributed by atoms with Gasteiger partial charge in [-0.15, -0.1) is 0 Å². The predicted molar refractivity (Wildman–Crippen MR) is 76.4 cm³/mol. The van der Waals surface area contributed by atoms with Crippen LogP contribution in [0.25, 0.3) is 0 Å². The Morgan fingerprint density at radius 2 is 2.25 bits per heavy atom. The van der Waals surface area contributed by atoms with Crippen molar-refractivity contribution in [3.63, 3.8) is 0 Å². The highest BCUT2D eigenvalue weighted by atomic mass is 16.3. The monoisotopic (exact) mass is 274 g/mol. The van der Waals surface area contributed by atoms with Crippen molar-refractivity contribution in [2.24, 2.45) is 5.41 Å². The molecule has 0 radical (unpaired) electrons. The highest BCUT2D eigenvalue weighted by Gasteiger charge is 2.45. The van der Waals surface area contributed by atoms with Crippen LogP contribution in [0.3, 0.4) is 0 Å². The number of nitrogens with zero attached hydrogens (tertiary/aromatic N) is 2. The summed E-state index contributed by atoms with van der Waals surface area (Å²) in [5.74, 6) is 0.0151. The molecule has 0 bridgehead atoms. The van der Waals surface area contributed by atoms with Crippen LogP contribution in [-0.2, 0) is 0 Å². The average molecular weight is 274 g/mol. The third-order valence-electron chi connectivity index (χ3n) is 4.97. The van der Waals surface area contributed by atoms with Crippen molar-refractivity contribution in [3.05, 3.63) is 29.6 Å². The molecule has 1 N–H and O–H groups in total. The minimum absolute atomic E-state index is 0.0151. The van der Waals surface area contributed by atoms with Crippen molar-refractivity contribution in [2.75, 3.05) is 13.1 Å². The molecular weight excluding hydrogens is 252 g/mol. The average Bonchev–Trinajstić information content (AvgIpc) is 2.79. The summed E-state index contributed by atoms with van der Waals surface area (Å²) in [6, 6.07) is 3.77. The van der Waals surface area contributed by atoms with E-state index in [0.717, 1.165) is 44.2 Å². The molecule has 1 saturated carbocycles. The number of rotatable bonds is 1. The van der Waals surface area contributed by atoms with Crippen LogP contribution in [0.1, 0.15) is 48.2 Å². The summed E-state index contributed by atoms with van der Waals surface area (Å²) < 4.78 is 0. The van der Waals surface area contributed by atoms with Crippen LogP contribution in [0.15, 0.2) is 18.3 Å². The Labute approximate surface area is 119 Å². The number of hydrogen-bond donors (Lipinski definition) is 1. The highest BCUT2D eigenvalue weighted by Crippen LogP contribution is 2.45. The van der Waals surface area contributed by atoms with E-state index in [-0.39, 0.29) is 17.4 Å². The number of hydrogen-bond acceptors (Lipinski definition) is 3. The summed E-state index contributed by atoms with van der Waals surface area (Å²) in [5, 5.41) is 10.3. The molecule has 2 heterocycles. The fourth-order valence-corrected chi connectivity index (χ4v) is 3.79. The first-order valence-corrected chi connectivity index (χ1v) is 7.51. The number of amides is 1. The van der Waals surface area contributed by atoms with Gasteiger partial charge >= 0.3 is 0 Å². The predicted octanol–water partition coefficient (Wildman–Crippen LogP) is 2.16. The largest absolute Gasteiger partial charge is 0.392 e. The minimum Gasteiger partial charge on any atom is -0.392 e. The first kappa shape index (κ1) is 13.6. The second-order valence-corrected chi connectivity index (χ2v) is 6.27. The molecule has 20 heavy (non-hydrogen) atoms. The van der Waals surface area contributed by atoms with Gasteiger partial charge < -0.3 is 10.0 Å². The van der Waals surface area contributed by atoms with Crippen LogP contribution in [0.5, 0.6) is 0 Å². The number of piperidine rings is 1. The zero-order valence-electron chi connectivity index (χ0n) is 12.0. The number of carbonyl (C=O) groups is 1. The molecule has 0 aromatic carbocycles. The Morgan fingerprint density at radius 3 is 2.95 bits per heavy atom. The number of aliphatic hydroxyl groups is 1. The van der Waals surface area contributed by atoms with Crippen LogP contribution in [0, 0.1) is 12.3 Å². The Morgan fingerprint density at radius 1 is 1.45 bits per heavy atom. The molecule has 1 aromatic rings. The van der Waals surface area contributed by atoms with Crippen molar-refractivity contribution in [2.45, 2.75) is 45.1 Å². The fraction of sp³-hybridized carbons (Fsp3) is 0.625. The summed E-state index contributed by atoms with van der Waals surface area (Å²) in [6.45, 7) is 3.39. The Kier molecular flexibility index (Phi) is 3.50. The van der Waals surface area contributed by atoms with Gasteiger partial charge in [-0.3, -0.25) is 9.78 Å². The van der Waals surface area contributed by atoms with Crippen LogP contribution < -0.4 is 0 Å². The van der Waals surface area contributed by atoms with Gasteiger partial charge in [0.1, 0.15) is 5.69 Å². The number of aromatic nitrogens is 1. The van der Waals surface area contributed by atoms with Crippen molar-refractivity contribution < 1.29 is 9.90 Å². The molecule has 4 heteroatoms. The van der Waals surface area contributed by atoms with Gasteiger partial charge in [-0.25, -0.2) is 0 Å². The van der Waals surface area contributed by atoms with Crippen molar-refractivity contribution in [3.8, 4) is 0 Å². The first-order valence-electron chi connectivity index (χ1n) is 7.51. The molecule has 3 rings (SSSR count). The zero-order chi connectivity index (χ0) is 14.2. The molecule has 108 valence electrons. The van der Waals surface area contributed by atoms with Gasteiger partial charge in [0.2, 0.25) is 0 Å². The van der Waals surface area contributed by atoms with Crippen LogP contribution >= 0.6 is 0 Å². The fourth-order valence-electron chi connectivity index (χ4n) is 3.79. The lowest BCUT2D eigenvalue weighted by Gasteiger charge is -2.42. The van der Waals surface area contributed by atoms with E-state index in [4.69, 9.17) is 0 Å². The molecule has 1 aliphatic carbocycles. The first-order chi connectivity index (χ1) is 9.62. The van der Waals surface area contributed by atoms with Gasteiger partial charge in [-0.05, 0) is 44.2 Å². The molecule has 2 fully saturated rings. The molecule has 0 unspecified atom stereocenters. The van der Waals surface area contributed by atoms with Crippen LogP contribution in [0.4, 0.5) is 0 Å². The van der Waals surface area contributed by atoms with Gasteiger partial charge in [0, 0.05) is 24.7 Å². The van der Waals surface area contributed by atoms with Crippen molar-refractivity contribution in [1.82, 2.24) is 9.88 Å². The molecule has 1 aliphatic heterocycles. The van der Waals surface area contributed by atoms with E-state index in [2.05, 4.69) is 4.98 Å². The standard InChI is InChI=1S/C16H22N2O2/c1-12-5-3-9-17-14(12)15(20)18-10-4-8-16(11-18)7-2-6-13(16)19/h3,5,9,13,19H,2,4,6-8,10-11H2,1H3/t13-,16+/m1/s1. The Hall–Kier alpha value is -1.42. The summed E-state index contributed by atoms with van der Waals surface area (Å²) in [4.78, 5) is 18.8. The number of pyridine rings is 1. The lowest BCUT2D eigenvalue weighted by Crippen LogP contribution is -2.49. The van der Waals surface area contributed by atoms with Gasteiger partial charge in [0.25, 0.3) is 5.91 Å². The minimum atomic E-state index is -0.247. The molecular formula is C16H22N2O2. The van der Waals surface area contributed by atoms with E-state index < -0.39 is 0 Å². The van der Waals surface area contributed by atoms with Crippen LogP contribution in [-0.4, -0.2) is 40.1 Å². The van der Waals surface area contributed by atoms with E-state index in [1.807, 2.05) is 24.0 Å². The quantitative estimate of drug-likeness (QED) is 0.853. The Balaban J connectivity index is 1.81. The number of aliphatic hydroxyl groups excluding tert-OH is 1. The molecule has 2 atom stereocenters. The summed E-state index contributed by atoms with van der Waals surface area (Å²) in [5.41, 5.74) is 1.41. The maximum Gasteiger partial charge on any atom is 0.272 e. The van der Waals surface area contributed by atoms with Gasteiger partial charge in [0.05, 0.1) is 6.10 Å². The van der Waals surface area contributed by atoms with Crippen LogP contribution in [0.2, 0.25) is 0 Å². The number of carbonyl (C=O) groups excluding carboxylic acids is 1. The summed E-state index contributed by atoms with van der Waals surface area (Å²) >= 11 is 0. The molecule has 4 nitrogen and oxygen atoms in total. The SMILES string of the molecule is Cc1cccnc1C(=O)N1CCC[C@@]2(CCC[C@H]2O)C1. The van der Waals surface area contributed by atoms with E-state index >= 15 is 0 Å². The second kappa shape index (κ2) is 5.17. The van der Waals surface area contributed by atoms with E-state index in [1.54, 1.807) is 6.20 Å². The molecule has 1 spiro atoms. The van der Waals surface area contributed by atoms with Gasteiger partial charge in [0.15, 0.2) is 0 Å². The molecule has 1 amide bonds. The number of likely N-dealkylation sites (tertiary alicyclic amines) is 1.